The molecule has 174 valence electrons. The summed E-state index contributed by atoms with van der Waals surface area (Å²) in [5, 5.41) is 10.9. The van der Waals surface area contributed by atoms with Crippen molar-refractivity contribution in [1.29, 1.82) is 0 Å². The minimum Gasteiger partial charge on any atom is -0.461 e. The summed E-state index contributed by atoms with van der Waals surface area (Å²) >= 11 is 0. The number of hydrogen-bond donors (Lipinski definition) is 1. The highest BCUT2D eigenvalue weighted by atomic mass is 16.6. The van der Waals surface area contributed by atoms with Crippen LogP contribution in [0.2, 0.25) is 0 Å². The maximum atomic E-state index is 12.6. The van der Waals surface area contributed by atoms with Gasteiger partial charge in [-0.2, -0.15) is 0 Å². The van der Waals surface area contributed by atoms with Crippen molar-refractivity contribution in [3.63, 3.8) is 0 Å². The quantitative estimate of drug-likeness (QED) is 0.291. The van der Waals surface area contributed by atoms with E-state index >= 15 is 0 Å². The minimum atomic E-state index is -1.56. The lowest BCUT2D eigenvalue weighted by Crippen LogP contribution is -2.32. The molecule has 0 radical (unpaired) electrons. The molecule has 0 spiro atoms. The fraction of sp³-hybridized carbons (Fsp3) is 0.478. The number of esters is 4. The number of ether oxygens (including phenoxy) is 4. The molecule has 1 aliphatic heterocycles. The third-order valence-electron chi connectivity index (χ3n) is 4.73. The normalized spacial score (nSPS) is 25.6. The van der Waals surface area contributed by atoms with Crippen LogP contribution in [-0.2, 0) is 38.1 Å². The molecular formula is C23H28O9. The molecule has 1 N–H and O–H groups in total. The Morgan fingerprint density at radius 3 is 2.44 bits per heavy atom. The molecule has 1 aliphatic carbocycles. The first kappa shape index (κ1) is 25.1. The highest BCUT2D eigenvalue weighted by molar-refractivity contribution is 5.96. The summed E-state index contributed by atoms with van der Waals surface area (Å²) in [6, 6.07) is 0. The number of aliphatic hydroxyl groups is 1. The summed E-state index contributed by atoms with van der Waals surface area (Å²) < 4.78 is 21.3. The Morgan fingerprint density at radius 1 is 1.22 bits per heavy atom. The molecule has 0 bridgehead atoms. The van der Waals surface area contributed by atoms with Crippen LogP contribution >= 0.6 is 0 Å². The van der Waals surface area contributed by atoms with Gasteiger partial charge in [0, 0.05) is 37.8 Å². The van der Waals surface area contributed by atoms with Crippen LogP contribution in [0.15, 0.2) is 46.8 Å². The molecule has 0 aromatic carbocycles. The van der Waals surface area contributed by atoms with Gasteiger partial charge >= 0.3 is 23.9 Å². The molecule has 0 aromatic heterocycles. The van der Waals surface area contributed by atoms with Gasteiger partial charge in [0.05, 0.1) is 11.2 Å². The van der Waals surface area contributed by atoms with Gasteiger partial charge < -0.3 is 24.1 Å². The van der Waals surface area contributed by atoms with Crippen LogP contribution < -0.4 is 0 Å². The summed E-state index contributed by atoms with van der Waals surface area (Å²) in [6.07, 6.45) is 1.30. The second-order valence-electron chi connectivity index (χ2n) is 8.17. The van der Waals surface area contributed by atoms with Crippen LogP contribution in [0.1, 0.15) is 47.5 Å². The first-order chi connectivity index (χ1) is 14.8. The monoisotopic (exact) mass is 448 g/mol. The van der Waals surface area contributed by atoms with Gasteiger partial charge in [0.1, 0.15) is 24.6 Å². The van der Waals surface area contributed by atoms with E-state index in [1.54, 1.807) is 13.0 Å². The lowest BCUT2D eigenvalue weighted by Gasteiger charge is -2.28. The zero-order valence-corrected chi connectivity index (χ0v) is 18.9. The van der Waals surface area contributed by atoms with E-state index in [4.69, 9.17) is 18.9 Å². The molecule has 0 saturated heterocycles. The van der Waals surface area contributed by atoms with Crippen molar-refractivity contribution < 1.29 is 43.2 Å². The van der Waals surface area contributed by atoms with Crippen LogP contribution in [0.25, 0.3) is 0 Å². The van der Waals surface area contributed by atoms with Gasteiger partial charge in [-0.3, -0.25) is 9.59 Å². The van der Waals surface area contributed by atoms with Crippen molar-refractivity contribution in [2.24, 2.45) is 0 Å². The second kappa shape index (κ2) is 9.95. The lowest BCUT2D eigenvalue weighted by molar-refractivity contribution is -0.146. The average molecular weight is 448 g/mol. The summed E-state index contributed by atoms with van der Waals surface area (Å²) in [5.74, 6) is -2.62. The third kappa shape index (κ3) is 6.65. The lowest BCUT2D eigenvalue weighted by atomic mass is 9.89. The van der Waals surface area contributed by atoms with Crippen LogP contribution in [0.4, 0.5) is 0 Å². The second-order valence-corrected chi connectivity index (χ2v) is 8.17. The number of hydrogen-bond acceptors (Lipinski definition) is 9. The number of carbonyl (C=O) groups is 4. The molecule has 0 aromatic rings. The molecule has 2 rings (SSSR count). The van der Waals surface area contributed by atoms with Gasteiger partial charge in [-0.1, -0.05) is 12.2 Å². The maximum absolute atomic E-state index is 12.6. The summed E-state index contributed by atoms with van der Waals surface area (Å²) in [5.41, 5.74) is -0.538. The first-order valence-corrected chi connectivity index (χ1v) is 10.0. The Morgan fingerprint density at radius 2 is 1.88 bits per heavy atom. The Hall–Kier alpha value is -3.20. The van der Waals surface area contributed by atoms with Crippen LogP contribution in [0.5, 0.6) is 0 Å². The molecule has 0 amide bonds. The van der Waals surface area contributed by atoms with Crippen molar-refractivity contribution in [3.05, 3.63) is 46.8 Å². The molecule has 2 aliphatic rings. The average Bonchev–Trinajstić information content (AvgIpc) is 2.91. The van der Waals surface area contributed by atoms with E-state index in [1.807, 2.05) is 0 Å². The summed E-state index contributed by atoms with van der Waals surface area (Å²) in [4.78, 5) is 47.8. The predicted molar refractivity (Wildman–Crippen MR) is 112 cm³/mol. The topological polar surface area (TPSA) is 125 Å². The van der Waals surface area contributed by atoms with Gasteiger partial charge in [0.15, 0.2) is 0 Å². The Balaban J connectivity index is 2.64. The van der Waals surface area contributed by atoms with Crippen LogP contribution in [0.3, 0.4) is 0 Å². The standard InChI is InChI=1S/C23H28O9/c1-12(2)21(26)31-18-8-13(3)7-16(30-15(5)25)9-23(6,28)10-19-20(18)17(22(27)32-19)11-29-14(4)24/h7,10,16,18,28H,1,8-9,11H2,2-6H3/t16-,18+,23-/m0/s1. The van der Waals surface area contributed by atoms with E-state index in [1.165, 1.54) is 33.8 Å². The van der Waals surface area contributed by atoms with Crippen molar-refractivity contribution in [2.45, 2.75) is 65.3 Å². The molecule has 9 heteroatoms. The van der Waals surface area contributed by atoms with E-state index in [-0.39, 0.29) is 41.9 Å². The van der Waals surface area contributed by atoms with Crippen molar-refractivity contribution in [3.8, 4) is 0 Å². The van der Waals surface area contributed by atoms with E-state index in [2.05, 4.69) is 6.58 Å². The third-order valence-corrected chi connectivity index (χ3v) is 4.73. The van der Waals surface area contributed by atoms with Crippen LogP contribution in [-0.4, -0.2) is 53.4 Å². The van der Waals surface area contributed by atoms with E-state index in [0.29, 0.717) is 5.57 Å². The number of rotatable bonds is 5. The molecule has 1 heterocycles. The smallest absolute Gasteiger partial charge is 0.343 e. The van der Waals surface area contributed by atoms with Crippen molar-refractivity contribution >= 4 is 23.9 Å². The molecule has 0 fully saturated rings. The molecule has 3 atom stereocenters. The fourth-order valence-corrected chi connectivity index (χ4v) is 3.45. The van der Waals surface area contributed by atoms with E-state index in [9.17, 15) is 24.3 Å². The minimum absolute atomic E-state index is 0.00618. The first-order valence-electron chi connectivity index (χ1n) is 10.0. The Kier molecular flexibility index (Phi) is 7.79. The fourth-order valence-electron chi connectivity index (χ4n) is 3.45. The van der Waals surface area contributed by atoms with E-state index < -0.39 is 41.7 Å². The summed E-state index contributed by atoms with van der Waals surface area (Å²) in [6.45, 7) is 10.3. The van der Waals surface area contributed by atoms with Gasteiger partial charge in [0.2, 0.25) is 0 Å². The zero-order valence-electron chi connectivity index (χ0n) is 18.9. The molecule has 0 unspecified atom stereocenters. The van der Waals surface area contributed by atoms with E-state index in [0.717, 1.165) is 0 Å². The largest absolute Gasteiger partial charge is 0.461 e. The van der Waals surface area contributed by atoms with Gasteiger partial charge in [-0.15, -0.1) is 0 Å². The summed E-state index contributed by atoms with van der Waals surface area (Å²) in [7, 11) is 0. The highest BCUT2D eigenvalue weighted by Gasteiger charge is 2.40. The van der Waals surface area contributed by atoms with Gasteiger partial charge in [0.25, 0.3) is 0 Å². The van der Waals surface area contributed by atoms with Crippen molar-refractivity contribution in [1.82, 2.24) is 0 Å². The predicted octanol–water partition coefficient (Wildman–Crippen LogP) is 2.20. The molecule has 0 saturated carbocycles. The SMILES string of the molecule is C=C(C)C(=O)O[C@@H]1CC(C)=C[C@H](OC(C)=O)C[C@](C)(O)C=C2OC(=O)C(COC(C)=O)=C21. The van der Waals surface area contributed by atoms with Gasteiger partial charge in [-0.05, 0) is 32.9 Å². The van der Waals surface area contributed by atoms with Crippen molar-refractivity contribution in [2.75, 3.05) is 6.61 Å². The van der Waals surface area contributed by atoms with Crippen LogP contribution in [0, 0.1) is 0 Å². The number of fused-ring (bicyclic) bond motifs is 1. The maximum Gasteiger partial charge on any atom is 0.343 e. The Bertz CT molecular complexity index is 933. The highest BCUT2D eigenvalue weighted by Crippen LogP contribution is 2.37. The molecule has 9 nitrogen and oxygen atoms in total. The number of carbonyl (C=O) groups excluding carboxylic acids is 4. The molecule has 32 heavy (non-hydrogen) atoms. The van der Waals surface area contributed by atoms with Gasteiger partial charge in [-0.25, -0.2) is 9.59 Å². The zero-order chi connectivity index (χ0) is 24.2. The molecular weight excluding hydrogens is 420 g/mol. The Labute approximate surface area is 186 Å².